The summed E-state index contributed by atoms with van der Waals surface area (Å²) in [7, 11) is -3.84. The fraction of sp³-hybridized carbons (Fsp3) is 0.133. The number of benzene rings is 2. The number of nitrogens with two attached hydrogens (primary N) is 1. The van der Waals surface area contributed by atoms with Crippen LogP contribution < -0.4 is 10.5 Å². The molecule has 0 aliphatic heterocycles. The third-order valence-electron chi connectivity index (χ3n) is 2.95. The lowest BCUT2D eigenvalue weighted by molar-refractivity contribution is 0.155. The maximum Gasteiger partial charge on any atom is 0.411 e. The van der Waals surface area contributed by atoms with Gasteiger partial charge >= 0.3 is 6.09 Å². The van der Waals surface area contributed by atoms with Gasteiger partial charge < -0.3 is 4.74 Å². The van der Waals surface area contributed by atoms with E-state index in [-0.39, 0.29) is 11.5 Å². The number of rotatable bonds is 4. The smallest absolute Gasteiger partial charge is 0.411 e. The van der Waals surface area contributed by atoms with Crippen LogP contribution >= 0.6 is 0 Å². The molecule has 0 aliphatic rings. The van der Waals surface area contributed by atoms with Crippen molar-refractivity contribution < 1.29 is 17.9 Å². The minimum absolute atomic E-state index is 0.0339. The highest BCUT2D eigenvalue weighted by Crippen LogP contribution is 2.19. The average molecular weight is 320 g/mol. The number of nitrogens with one attached hydrogen (secondary N) is 1. The maximum absolute atomic E-state index is 11.7. The molecule has 2 aromatic rings. The summed E-state index contributed by atoms with van der Waals surface area (Å²) in [5.41, 5.74) is 1.66. The SMILES string of the molecule is Cc1ccc(NC(=O)OCc2ccccc2)cc1S(N)(=O)=O. The number of amides is 1. The molecule has 0 fully saturated rings. The van der Waals surface area contributed by atoms with Gasteiger partial charge in [0.25, 0.3) is 0 Å². The van der Waals surface area contributed by atoms with Gasteiger partial charge in [-0.25, -0.2) is 18.4 Å². The van der Waals surface area contributed by atoms with E-state index in [0.29, 0.717) is 11.3 Å². The van der Waals surface area contributed by atoms with E-state index in [9.17, 15) is 13.2 Å². The van der Waals surface area contributed by atoms with Crippen LogP contribution in [-0.2, 0) is 21.4 Å². The van der Waals surface area contributed by atoms with E-state index in [2.05, 4.69) is 5.32 Å². The third kappa shape index (κ3) is 4.31. The Hall–Kier alpha value is -2.38. The molecule has 0 saturated heterocycles. The van der Waals surface area contributed by atoms with E-state index in [4.69, 9.17) is 9.88 Å². The van der Waals surface area contributed by atoms with Crippen LogP contribution in [0.4, 0.5) is 10.5 Å². The molecular weight excluding hydrogens is 304 g/mol. The minimum Gasteiger partial charge on any atom is -0.444 e. The molecule has 0 saturated carbocycles. The largest absolute Gasteiger partial charge is 0.444 e. The molecule has 0 aromatic heterocycles. The van der Waals surface area contributed by atoms with Gasteiger partial charge in [-0.2, -0.15) is 0 Å². The predicted molar refractivity (Wildman–Crippen MR) is 82.8 cm³/mol. The van der Waals surface area contributed by atoms with Gasteiger partial charge in [-0.1, -0.05) is 36.4 Å². The van der Waals surface area contributed by atoms with Gasteiger partial charge in [-0.05, 0) is 30.2 Å². The number of carbonyl (C=O) groups is 1. The zero-order valence-corrected chi connectivity index (χ0v) is 12.8. The number of carbonyl (C=O) groups excluding carboxylic acids is 1. The first kappa shape index (κ1) is 16.0. The summed E-state index contributed by atoms with van der Waals surface area (Å²) in [5.74, 6) is 0. The molecule has 0 heterocycles. The lowest BCUT2D eigenvalue weighted by Gasteiger charge is -2.09. The van der Waals surface area contributed by atoms with Crippen molar-refractivity contribution >= 4 is 21.8 Å². The summed E-state index contributed by atoms with van der Waals surface area (Å²) in [6.07, 6.45) is -0.673. The Bertz CT molecular complexity index is 773. The van der Waals surface area contributed by atoms with E-state index in [1.807, 2.05) is 30.3 Å². The Morgan fingerprint density at radius 3 is 2.50 bits per heavy atom. The molecule has 22 heavy (non-hydrogen) atoms. The lowest BCUT2D eigenvalue weighted by atomic mass is 10.2. The molecule has 1 amide bonds. The van der Waals surface area contributed by atoms with Gasteiger partial charge in [-0.15, -0.1) is 0 Å². The minimum atomic E-state index is -3.84. The van der Waals surface area contributed by atoms with E-state index in [1.165, 1.54) is 6.07 Å². The zero-order valence-electron chi connectivity index (χ0n) is 11.9. The standard InChI is InChI=1S/C15H16N2O4S/c1-11-7-8-13(9-14(11)22(16,19)20)17-15(18)21-10-12-5-3-2-4-6-12/h2-9H,10H2,1H3,(H,17,18)(H2,16,19,20). The topological polar surface area (TPSA) is 98.5 Å². The van der Waals surface area contributed by atoms with Crippen LogP contribution in [-0.4, -0.2) is 14.5 Å². The van der Waals surface area contributed by atoms with Crippen molar-refractivity contribution in [3.8, 4) is 0 Å². The molecule has 2 aromatic carbocycles. The summed E-state index contributed by atoms with van der Waals surface area (Å²) >= 11 is 0. The van der Waals surface area contributed by atoms with Crippen molar-refractivity contribution in [2.75, 3.05) is 5.32 Å². The summed E-state index contributed by atoms with van der Waals surface area (Å²) in [6, 6.07) is 13.7. The molecule has 0 spiro atoms. The number of primary sulfonamides is 1. The highest BCUT2D eigenvalue weighted by Gasteiger charge is 2.13. The lowest BCUT2D eigenvalue weighted by Crippen LogP contribution is -2.16. The Morgan fingerprint density at radius 1 is 1.18 bits per heavy atom. The van der Waals surface area contributed by atoms with Crippen LogP contribution in [0, 0.1) is 6.92 Å². The molecule has 0 atom stereocenters. The van der Waals surface area contributed by atoms with Gasteiger partial charge in [-0.3, -0.25) is 5.32 Å². The zero-order chi connectivity index (χ0) is 16.2. The number of sulfonamides is 1. The summed E-state index contributed by atoms with van der Waals surface area (Å²) in [4.78, 5) is 11.7. The van der Waals surface area contributed by atoms with E-state index in [0.717, 1.165) is 5.56 Å². The Balaban J connectivity index is 2.03. The van der Waals surface area contributed by atoms with Crippen LogP contribution in [0.2, 0.25) is 0 Å². The molecular formula is C15H16N2O4S. The van der Waals surface area contributed by atoms with Gasteiger partial charge in [0.05, 0.1) is 4.90 Å². The molecule has 6 nitrogen and oxygen atoms in total. The summed E-state index contributed by atoms with van der Waals surface area (Å²) < 4.78 is 27.9. The number of anilines is 1. The van der Waals surface area contributed by atoms with Crippen molar-refractivity contribution in [2.45, 2.75) is 18.4 Å². The van der Waals surface area contributed by atoms with Gasteiger partial charge in [0.1, 0.15) is 6.61 Å². The normalized spacial score (nSPS) is 11.0. The van der Waals surface area contributed by atoms with Crippen molar-refractivity contribution in [3.05, 3.63) is 59.7 Å². The summed E-state index contributed by atoms with van der Waals surface area (Å²) in [5, 5.41) is 7.59. The fourth-order valence-corrected chi connectivity index (χ4v) is 2.67. The van der Waals surface area contributed by atoms with Crippen LogP contribution in [0.1, 0.15) is 11.1 Å². The number of hydrogen-bond acceptors (Lipinski definition) is 4. The fourth-order valence-electron chi connectivity index (χ4n) is 1.86. The van der Waals surface area contributed by atoms with Gasteiger partial charge in [0.15, 0.2) is 0 Å². The Labute approximate surface area is 129 Å². The molecule has 116 valence electrons. The molecule has 0 unspecified atom stereocenters. The second-order valence-electron chi connectivity index (χ2n) is 4.71. The maximum atomic E-state index is 11.7. The second-order valence-corrected chi connectivity index (χ2v) is 6.24. The van der Waals surface area contributed by atoms with E-state index >= 15 is 0 Å². The van der Waals surface area contributed by atoms with Crippen molar-refractivity contribution in [1.82, 2.24) is 0 Å². The highest BCUT2D eigenvalue weighted by atomic mass is 32.2. The molecule has 7 heteroatoms. The number of aryl methyl sites for hydroxylation is 1. The number of hydrogen-bond donors (Lipinski definition) is 2. The van der Waals surface area contributed by atoms with Crippen molar-refractivity contribution in [2.24, 2.45) is 5.14 Å². The third-order valence-corrected chi connectivity index (χ3v) is 4.01. The first-order valence-corrected chi connectivity index (χ1v) is 8.02. The predicted octanol–water partition coefficient (Wildman–Crippen LogP) is 2.39. The first-order chi connectivity index (χ1) is 10.4. The first-order valence-electron chi connectivity index (χ1n) is 6.47. The molecule has 0 bridgehead atoms. The van der Waals surface area contributed by atoms with E-state index < -0.39 is 16.1 Å². The number of ether oxygens (including phenoxy) is 1. The molecule has 0 aliphatic carbocycles. The van der Waals surface area contributed by atoms with Crippen LogP contribution in [0.25, 0.3) is 0 Å². The molecule has 2 rings (SSSR count). The van der Waals surface area contributed by atoms with Crippen LogP contribution in [0.5, 0.6) is 0 Å². The Morgan fingerprint density at radius 2 is 1.86 bits per heavy atom. The van der Waals surface area contributed by atoms with E-state index in [1.54, 1.807) is 19.1 Å². The monoisotopic (exact) mass is 320 g/mol. The van der Waals surface area contributed by atoms with Crippen molar-refractivity contribution in [3.63, 3.8) is 0 Å². The summed E-state index contributed by atoms with van der Waals surface area (Å²) in [6.45, 7) is 1.75. The van der Waals surface area contributed by atoms with Crippen LogP contribution in [0.15, 0.2) is 53.4 Å². The van der Waals surface area contributed by atoms with Gasteiger partial charge in [0, 0.05) is 5.69 Å². The average Bonchev–Trinajstić information content (AvgIpc) is 2.47. The Kier molecular flexibility index (Phi) is 4.79. The highest BCUT2D eigenvalue weighted by molar-refractivity contribution is 7.89. The van der Waals surface area contributed by atoms with Crippen molar-refractivity contribution in [1.29, 1.82) is 0 Å². The second kappa shape index (κ2) is 6.59. The van der Waals surface area contributed by atoms with Gasteiger partial charge in [0.2, 0.25) is 10.0 Å². The van der Waals surface area contributed by atoms with Crippen LogP contribution in [0.3, 0.4) is 0 Å². The molecule has 0 radical (unpaired) electrons. The quantitative estimate of drug-likeness (QED) is 0.903. The molecule has 3 N–H and O–H groups in total.